The fraction of sp³-hybridized carbons (Fsp3) is 0.0909. The summed E-state index contributed by atoms with van der Waals surface area (Å²) < 4.78 is 24.5. The highest BCUT2D eigenvalue weighted by molar-refractivity contribution is 6.06. The van der Waals surface area contributed by atoms with Gasteiger partial charge in [0.1, 0.15) is 23.1 Å². The van der Waals surface area contributed by atoms with Crippen LogP contribution in [0.25, 0.3) is 0 Å². The Labute approximate surface area is 162 Å². The maximum absolute atomic E-state index is 13.4. The molecular formula is C22H17FN2O3. The Morgan fingerprint density at radius 3 is 2.61 bits per heavy atom. The van der Waals surface area contributed by atoms with Crippen molar-refractivity contribution >= 4 is 11.6 Å². The number of nitrogens with zero attached hydrogens (tertiary/aromatic N) is 1. The van der Waals surface area contributed by atoms with Crippen molar-refractivity contribution in [3.05, 3.63) is 83.2 Å². The van der Waals surface area contributed by atoms with Gasteiger partial charge >= 0.3 is 0 Å². The SMILES string of the molecule is COc1ccc(C(=O)Nc2cccc(C#N)c2)c(Oc2ccc(F)cc2C)c1. The van der Waals surface area contributed by atoms with E-state index >= 15 is 0 Å². The fourth-order valence-electron chi connectivity index (χ4n) is 2.61. The Hall–Kier alpha value is -3.85. The fourth-order valence-corrected chi connectivity index (χ4v) is 2.61. The van der Waals surface area contributed by atoms with Gasteiger partial charge in [-0.2, -0.15) is 5.26 Å². The molecule has 0 aliphatic heterocycles. The third-order valence-corrected chi connectivity index (χ3v) is 4.04. The minimum absolute atomic E-state index is 0.267. The number of amides is 1. The van der Waals surface area contributed by atoms with Crippen LogP contribution in [0, 0.1) is 24.1 Å². The molecule has 0 fully saturated rings. The van der Waals surface area contributed by atoms with Crippen LogP contribution < -0.4 is 14.8 Å². The van der Waals surface area contributed by atoms with Crippen LogP contribution in [-0.2, 0) is 0 Å². The molecule has 1 N–H and O–H groups in total. The number of ether oxygens (including phenoxy) is 2. The Bertz CT molecular complexity index is 1070. The molecule has 3 rings (SSSR count). The van der Waals surface area contributed by atoms with E-state index in [0.717, 1.165) is 0 Å². The van der Waals surface area contributed by atoms with E-state index in [1.165, 1.54) is 25.3 Å². The van der Waals surface area contributed by atoms with E-state index in [-0.39, 0.29) is 17.1 Å². The van der Waals surface area contributed by atoms with Crippen LogP contribution in [0.4, 0.5) is 10.1 Å². The predicted octanol–water partition coefficient (Wildman–Crippen LogP) is 5.06. The van der Waals surface area contributed by atoms with Gasteiger partial charge in [0.25, 0.3) is 5.91 Å². The molecule has 3 aromatic carbocycles. The highest BCUT2D eigenvalue weighted by Crippen LogP contribution is 2.32. The third kappa shape index (κ3) is 4.27. The molecule has 1 amide bonds. The summed E-state index contributed by atoms with van der Waals surface area (Å²) in [6.45, 7) is 1.71. The largest absolute Gasteiger partial charge is 0.497 e. The molecule has 0 heterocycles. The maximum atomic E-state index is 13.4. The summed E-state index contributed by atoms with van der Waals surface area (Å²) in [7, 11) is 1.51. The molecule has 0 radical (unpaired) electrons. The van der Waals surface area contributed by atoms with Crippen LogP contribution in [0.1, 0.15) is 21.5 Å². The zero-order chi connectivity index (χ0) is 20.1. The molecule has 0 aliphatic carbocycles. The average molecular weight is 376 g/mol. The summed E-state index contributed by atoms with van der Waals surface area (Å²) >= 11 is 0. The smallest absolute Gasteiger partial charge is 0.259 e. The van der Waals surface area contributed by atoms with Gasteiger partial charge in [-0.05, 0) is 61.0 Å². The van der Waals surface area contributed by atoms with Gasteiger partial charge in [-0.25, -0.2) is 4.39 Å². The lowest BCUT2D eigenvalue weighted by Crippen LogP contribution is -2.13. The number of carbonyl (C=O) groups excluding carboxylic acids is 1. The molecule has 0 saturated carbocycles. The van der Waals surface area contributed by atoms with E-state index in [1.807, 2.05) is 6.07 Å². The predicted molar refractivity (Wildman–Crippen MR) is 103 cm³/mol. The van der Waals surface area contributed by atoms with Gasteiger partial charge in [0.2, 0.25) is 0 Å². The summed E-state index contributed by atoms with van der Waals surface area (Å²) in [6.07, 6.45) is 0. The van der Waals surface area contributed by atoms with E-state index in [4.69, 9.17) is 14.7 Å². The van der Waals surface area contributed by atoms with Crippen LogP contribution in [-0.4, -0.2) is 13.0 Å². The Kier molecular flexibility index (Phi) is 5.56. The quantitative estimate of drug-likeness (QED) is 0.676. The number of hydrogen-bond donors (Lipinski definition) is 1. The van der Waals surface area contributed by atoms with Gasteiger partial charge in [0, 0.05) is 11.8 Å². The lowest BCUT2D eigenvalue weighted by Gasteiger charge is -2.14. The standard InChI is InChI=1S/C22H17FN2O3/c1-14-10-16(23)6-9-20(14)28-21-12-18(27-2)7-8-19(21)22(26)25-17-5-3-4-15(11-17)13-24/h3-12H,1-2H3,(H,25,26). The van der Waals surface area contributed by atoms with Gasteiger partial charge in [-0.15, -0.1) is 0 Å². The Morgan fingerprint density at radius 2 is 1.89 bits per heavy atom. The molecule has 3 aromatic rings. The number of nitrogens with one attached hydrogen (secondary N) is 1. The van der Waals surface area contributed by atoms with E-state index in [2.05, 4.69) is 5.32 Å². The van der Waals surface area contributed by atoms with Crippen LogP contribution >= 0.6 is 0 Å². The normalized spacial score (nSPS) is 10.1. The van der Waals surface area contributed by atoms with Gasteiger partial charge in [0.15, 0.2) is 0 Å². The number of halogens is 1. The van der Waals surface area contributed by atoms with Crippen molar-refractivity contribution in [1.29, 1.82) is 5.26 Å². The number of rotatable bonds is 5. The van der Waals surface area contributed by atoms with Crippen molar-refractivity contribution in [2.24, 2.45) is 0 Å². The maximum Gasteiger partial charge on any atom is 0.259 e. The van der Waals surface area contributed by atoms with Crippen LogP contribution in [0.3, 0.4) is 0 Å². The van der Waals surface area contributed by atoms with Crippen LogP contribution in [0.5, 0.6) is 17.2 Å². The van der Waals surface area contributed by atoms with Crippen molar-refractivity contribution in [2.45, 2.75) is 6.92 Å². The minimum atomic E-state index is -0.410. The molecule has 0 unspecified atom stereocenters. The highest BCUT2D eigenvalue weighted by Gasteiger charge is 2.16. The summed E-state index contributed by atoms with van der Waals surface area (Å²) in [5.41, 5.74) is 1.79. The molecule has 140 valence electrons. The van der Waals surface area contributed by atoms with E-state index in [9.17, 15) is 9.18 Å². The van der Waals surface area contributed by atoms with Crippen molar-refractivity contribution in [2.75, 3.05) is 12.4 Å². The van der Waals surface area contributed by atoms with Crippen LogP contribution in [0.15, 0.2) is 60.7 Å². The van der Waals surface area contributed by atoms with Crippen LogP contribution in [0.2, 0.25) is 0 Å². The second-order valence-corrected chi connectivity index (χ2v) is 6.02. The first-order chi connectivity index (χ1) is 13.5. The first kappa shape index (κ1) is 18.9. The van der Waals surface area contributed by atoms with Crippen molar-refractivity contribution in [3.8, 4) is 23.3 Å². The molecular weight excluding hydrogens is 359 g/mol. The van der Waals surface area contributed by atoms with E-state index in [1.54, 1.807) is 49.4 Å². The number of nitriles is 1. The lowest BCUT2D eigenvalue weighted by atomic mass is 10.1. The van der Waals surface area contributed by atoms with Gasteiger partial charge in [0.05, 0.1) is 24.3 Å². The second-order valence-electron chi connectivity index (χ2n) is 6.02. The first-order valence-electron chi connectivity index (χ1n) is 8.43. The Balaban J connectivity index is 1.93. The summed E-state index contributed by atoms with van der Waals surface area (Å²) in [4.78, 5) is 12.8. The molecule has 0 atom stereocenters. The van der Waals surface area contributed by atoms with E-state index in [0.29, 0.717) is 28.3 Å². The Morgan fingerprint density at radius 1 is 1.07 bits per heavy atom. The number of aryl methyl sites for hydroxylation is 1. The number of hydrogen-bond acceptors (Lipinski definition) is 4. The zero-order valence-electron chi connectivity index (χ0n) is 15.3. The van der Waals surface area contributed by atoms with Gasteiger partial charge in [-0.1, -0.05) is 6.07 Å². The highest BCUT2D eigenvalue weighted by atomic mass is 19.1. The summed E-state index contributed by atoms with van der Waals surface area (Å²) in [5.74, 6) is 0.425. The lowest BCUT2D eigenvalue weighted by molar-refractivity contribution is 0.102. The molecule has 6 heteroatoms. The molecule has 0 aromatic heterocycles. The van der Waals surface area contributed by atoms with Crippen molar-refractivity contribution < 1.29 is 18.7 Å². The number of carbonyl (C=O) groups is 1. The molecule has 28 heavy (non-hydrogen) atoms. The first-order valence-corrected chi connectivity index (χ1v) is 8.43. The van der Waals surface area contributed by atoms with E-state index < -0.39 is 5.91 Å². The molecule has 0 spiro atoms. The molecule has 0 bridgehead atoms. The molecule has 0 aliphatic rings. The monoisotopic (exact) mass is 376 g/mol. The number of methoxy groups -OCH3 is 1. The molecule has 5 nitrogen and oxygen atoms in total. The number of benzene rings is 3. The topological polar surface area (TPSA) is 71.3 Å². The third-order valence-electron chi connectivity index (χ3n) is 4.04. The van der Waals surface area contributed by atoms with Gasteiger partial charge < -0.3 is 14.8 Å². The molecule has 0 saturated heterocycles. The second kappa shape index (κ2) is 8.23. The van der Waals surface area contributed by atoms with Gasteiger partial charge in [-0.3, -0.25) is 4.79 Å². The average Bonchev–Trinajstić information content (AvgIpc) is 2.70. The summed E-state index contributed by atoms with van der Waals surface area (Å²) in [5, 5.41) is 11.8. The minimum Gasteiger partial charge on any atom is -0.497 e. The van der Waals surface area contributed by atoms with Crippen molar-refractivity contribution in [1.82, 2.24) is 0 Å². The van der Waals surface area contributed by atoms with Crippen molar-refractivity contribution in [3.63, 3.8) is 0 Å². The number of anilines is 1. The zero-order valence-corrected chi connectivity index (χ0v) is 15.3. The summed E-state index contributed by atoms with van der Waals surface area (Å²) in [6, 6.07) is 17.6.